The van der Waals surface area contributed by atoms with Crippen molar-refractivity contribution in [2.24, 2.45) is 0 Å². The summed E-state index contributed by atoms with van der Waals surface area (Å²) >= 11 is 0. The van der Waals surface area contributed by atoms with Crippen molar-refractivity contribution >= 4 is 24.5 Å². The van der Waals surface area contributed by atoms with Gasteiger partial charge in [-0.3, -0.25) is 4.79 Å². The molecular formula is C20H23BFNO5. The third kappa shape index (κ3) is 6.18. The normalized spacial score (nSPS) is 11.6. The van der Waals surface area contributed by atoms with E-state index in [1.165, 1.54) is 31.4 Å². The average molecular weight is 387 g/mol. The average Bonchev–Trinajstić information content (AvgIpc) is 2.70. The van der Waals surface area contributed by atoms with E-state index < -0.39 is 19.1 Å². The lowest BCUT2D eigenvalue weighted by atomic mass is 9.78. The minimum Gasteiger partial charge on any atom is -0.467 e. The molecule has 0 aromatic heterocycles. The molecule has 2 aromatic carbocycles. The van der Waals surface area contributed by atoms with Gasteiger partial charge in [0.05, 0.1) is 13.5 Å². The van der Waals surface area contributed by atoms with Gasteiger partial charge in [0.25, 0.3) is 0 Å². The van der Waals surface area contributed by atoms with Crippen LogP contribution in [-0.4, -0.2) is 46.4 Å². The van der Waals surface area contributed by atoms with Crippen LogP contribution in [0.1, 0.15) is 11.1 Å². The minimum absolute atomic E-state index is 0.0378. The molecule has 28 heavy (non-hydrogen) atoms. The molecular weight excluding hydrogens is 364 g/mol. The summed E-state index contributed by atoms with van der Waals surface area (Å²) in [4.78, 5) is 24.4. The number of carbonyl (C=O) groups excluding carboxylic acids is 2. The molecule has 0 aliphatic rings. The highest BCUT2D eigenvalue weighted by Crippen LogP contribution is 2.07. The summed E-state index contributed by atoms with van der Waals surface area (Å²) in [6, 6.07) is 12.1. The first kappa shape index (κ1) is 21.6. The van der Waals surface area contributed by atoms with Gasteiger partial charge in [0.15, 0.2) is 0 Å². The SMILES string of the molecule is COB(OC)c1ccc(C[C@@H](NC(=O)Cc2ccc(F)cc2)C(=O)OC)cc1. The Labute approximate surface area is 164 Å². The molecule has 0 radical (unpaired) electrons. The highest BCUT2D eigenvalue weighted by Gasteiger charge is 2.23. The molecule has 1 amide bonds. The van der Waals surface area contributed by atoms with Crippen molar-refractivity contribution in [3.63, 3.8) is 0 Å². The second kappa shape index (κ2) is 10.6. The van der Waals surface area contributed by atoms with Crippen LogP contribution >= 0.6 is 0 Å². The van der Waals surface area contributed by atoms with E-state index in [0.29, 0.717) is 5.56 Å². The number of halogens is 1. The summed E-state index contributed by atoms with van der Waals surface area (Å²) in [5, 5.41) is 2.68. The molecule has 0 fully saturated rings. The second-order valence-electron chi connectivity index (χ2n) is 6.20. The molecule has 0 spiro atoms. The molecule has 8 heteroatoms. The molecule has 1 N–H and O–H groups in total. The summed E-state index contributed by atoms with van der Waals surface area (Å²) in [6.07, 6.45) is 0.308. The Bertz CT molecular complexity index is 778. The molecule has 2 rings (SSSR count). The molecule has 148 valence electrons. The van der Waals surface area contributed by atoms with E-state index >= 15 is 0 Å². The highest BCUT2D eigenvalue weighted by molar-refractivity contribution is 6.61. The second-order valence-corrected chi connectivity index (χ2v) is 6.20. The number of nitrogens with one attached hydrogen (secondary N) is 1. The predicted molar refractivity (Wildman–Crippen MR) is 104 cm³/mol. The van der Waals surface area contributed by atoms with E-state index in [4.69, 9.17) is 14.0 Å². The molecule has 0 saturated carbocycles. The number of hydrogen-bond acceptors (Lipinski definition) is 5. The maximum Gasteiger partial charge on any atom is 0.493 e. The lowest BCUT2D eigenvalue weighted by molar-refractivity contribution is -0.145. The van der Waals surface area contributed by atoms with Gasteiger partial charge in [0.2, 0.25) is 5.91 Å². The maximum absolute atomic E-state index is 13.0. The molecule has 0 saturated heterocycles. The topological polar surface area (TPSA) is 73.9 Å². The number of esters is 1. The van der Waals surface area contributed by atoms with Crippen molar-refractivity contribution in [2.45, 2.75) is 18.9 Å². The molecule has 1 atom stereocenters. The summed E-state index contributed by atoms with van der Waals surface area (Å²) in [6.45, 7) is 0. The summed E-state index contributed by atoms with van der Waals surface area (Å²) in [5.41, 5.74) is 2.33. The van der Waals surface area contributed by atoms with Crippen LogP contribution in [-0.2, 0) is 36.5 Å². The van der Waals surface area contributed by atoms with Crippen molar-refractivity contribution < 1.29 is 28.0 Å². The number of ether oxygens (including phenoxy) is 1. The lowest BCUT2D eigenvalue weighted by Gasteiger charge is -2.17. The zero-order valence-corrected chi connectivity index (χ0v) is 16.1. The Balaban J connectivity index is 2.03. The van der Waals surface area contributed by atoms with E-state index in [-0.39, 0.29) is 24.6 Å². The fourth-order valence-corrected chi connectivity index (χ4v) is 2.78. The smallest absolute Gasteiger partial charge is 0.467 e. The minimum atomic E-state index is -0.829. The van der Waals surface area contributed by atoms with Crippen LogP contribution in [0.2, 0.25) is 0 Å². The van der Waals surface area contributed by atoms with Gasteiger partial charge in [-0.15, -0.1) is 0 Å². The van der Waals surface area contributed by atoms with E-state index in [1.54, 1.807) is 14.2 Å². The third-order valence-corrected chi connectivity index (χ3v) is 4.22. The van der Waals surface area contributed by atoms with Gasteiger partial charge in [-0.25, -0.2) is 9.18 Å². The molecule has 0 bridgehead atoms. The van der Waals surface area contributed by atoms with E-state index in [9.17, 15) is 14.0 Å². The molecule has 2 aromatic rings. The van der Waals surface area contributed by atoms with Gasteiger partial charge in [-0.2, -0.15) is 0 Å². The first-order chi connectivity index (χ1) is 13.5. The number of carbonyl (C=O) groups is 2. The van der Waals surface area contributed by atoms with Crippen molar-refractivity contribution in [1.82, 2.24) is 5.32 Å². The Morgan fingerprint density at radius 1 is 0.964 bits per heavy atom. The van der Waals surface area contributed by atoms with Gasteiger partial charge < -0.3 is 19.4 Å². The van der Waals surface area contributed by atoms with Crippen molar-refractivity contribution in [3.05, 3.63) is 65.5 Å². The van der Waals surface area contributed by atoms with Gasteiger partial charge in [0, 0.05) is 20.6 Å². The van der Waals surface area contributed by atoms with Crippen molar-refractivity contribution in [1.29, 1.82) is 0 Å². The van der Waals surface area contributed by atoms with Gasteiger partial charge >= 0.3 is 13.1 Å². The fourth-order valence-electron chi connectivity index (χ4n) is 2.78. The standard InChI is InChI=1S/C20H23BFNO5/c1-26-20(25)18(23-19(24)13-15-6-10-17(22)11-7-15)12-14-4-8-16(9-5-14)21(27-2)28-3/h4-11,18H,12-13H2,1-3H3,(H,23,24)/t18-/m1/s1. The number of hydrogen-bond donors (Lipinski definition) is 1. The van der Waals surface area contributed by atoms with Crippen LogP contribution < -0.4 is 10.8 Å². The number of amides is 1. The van der Waals surface area contributed by atoms with Gasteiger partial charge in [-0.1, -0.05) is 36.4 Å². The Morgan fingerprint density at radius 2 is 1.54 bits per heavy atom. The number of methoxy groups -OCH3 is 1. The largest absolute Gasteiger partial charge is 0.493 e. The fraction of sp³-hybridized carbons (Fsp3) is 0.300. The maximum atomic E-state index is 13.0. The zero-order chi connectivity index (χ0) is 20.5. The Hall–Kier alpha value is -2.71. The number of benzene rings is 2. The quantitative estimate of drug-likeness (QED) is 0.518. The highest BCUT2D eigenvalue weighted by atomic mass is 19.1. The predicted octanol–water partition coefficient (Wildman–Crippen LogP) is 1.26. The lowest BCUT2D eigenvalue weighted by Crippen LogP contribution is -2.43. The summed E-state index contributed by atoms with van der Waals surface area (Å²) in [5.74, 6) is -1.26. The number of rotatable bonds is 9. The first-order valence-electron chi connectivity index (χ1n) is 8.73. The van der Waals surface area contributed by atoms with Crippen LogP contribution in [0.5, 0.6) is 0 Å². The molecule has 0 unspecified atom stereocenters. The van der Waals surface area contributed by atoms with E-state index in [1.807, 2.05) is 24.3 Å². The van der Waals surface area contributed by atoms with E-state index in [0.717, 1.165) is 11.0 Å². The molecule has 0 aliphatic heterocycles. The molecule has 6 nitrogen and oxygen atoms in total. The third-order valence-electron chi connectivity index (χ3n) is 4.22. The van der Waals surface area contributed by atoms with Crippen LogP contribution in [0.25, 0.3) is 0 Å². The van der Waals surface area contributed by atoms with Crippen LogP contribution in [0.3, 0.4) is 0 Å². The summed E-state index contributed by atoms with van der Waals surface area (Å²) < 4.78 is 28.2. The van der Waals surface area contributed by atoms with Gasteiger partial charge in [-0.05, 0) is 28.7 Å². The summed E-state index contributed by atoms with van der Waals surface area (Å²) in [7, 11) is 3.89. The monoisotopic (exact) mass is 387 g/mol. The van der Waals surface area contributed by atoms with Crippen molar-refractivity contribution in [3.8, 4) is 0 Å². The Morgan fingerprint density at radius 3 is 2.07 bits per heavy atom. The molecule has 0 aliphatic carbocycles. The first-order valence-corrected chi connectivity index (χ1v) is 8.73. The van der Waals surface area contributed by atoms with E-state index in [2.05, 4.69) is 5.32 Å². The van der Waals surface area contributed by atoms with Gasteiger partial charge in [0.1, 0.15) is 11.9 Å². The molecule has 0 heterocycles. The van der Waals surface area contributed by atoms with Crippen molar-refractivity contribution in [2.75, 3.05) is 21.3 Å². The van der Waals surface area contributed by atoms with Crippen LogP contribution in [0.4, 0.5) is 4.39 Å². The van der Waals surface area contributed by atoms with Crippen LogP contribution in [0, 0.1) is 5.82 Å². The van der Waals surface area contributed by atoms with Crippen LogP contribution in [0.15, 0.2) is 48.5 Å². The Kier molecular flexibility index (Phi) is 8.16. The zero-order valence-electron chi connectivity index (χ0n) is 16.1.